The lowest BCUT2D eigenvalue weighted by molar-refractivity contribution is -0.130. The van der Waals surface area contributed by atoms with Crippen molar-refractivity contribution in [1.82, 2.24) is 10.2 Å². The molecule has 5 nitrogen and oxygen atoms in total. The summed E-state index contributed by atoms with van der Waals surface area (Å²) in [6, 6.07) is 14.7. The Bertz CT molecular complexity index is 694. The SMILES string of the molecule is O=C1NCCN(C[C@H](O)COc2ccc(F)cc2)[C@H]1c1ccccc1. The number of aliphatic hydroxyl groups is 1. The van der Waals surface area contributed by atoms with Gasteiger partial charge in [-0.3, -0.25) is 9.69 Å². The number of β-amino-alcohol motifs (C(OH)–C–C–N with tert-alkyl or cyclic N) is 1. The van der Waals surface area contributed by atoms with Gasteiger partial charge in [0.1, 0.15) is 30.3 Å². The van der Waals surface area contributed by atoms with Crippen molar-refractivity contribution in [2.75, 3.05) is 26.2 Å². The van der Waals surface area contributed by atoms with Crippen molar-refractivity contribution >= 4 is 5.91 Å². The molecule has 132 valence electrons. The van der Waals surface area contributed by atoms with E-state index in [0.29, 0.717) is 25.4 Å². The van der Waals surface area contributed by atoms with Gasteiger partial charge in [-0.05, 0) is 29.8 Å². The number of benzene rings is 2. The highest BCUT2D eigenvalue weighted by Gasteiger charge is 2.32. The molecule has 0 saturated carbocycles. The minimum Gasteiger partial charge on any atom is -0.491 e. The number of hydrogen-bond acceptors (Lipinski definition) is 4. The lowest BCUT2D eigenvalue weighted by Crippen LogP contribution is -2.52. The molecular weight excluding hydrogens is 323 g/mol. The monoisotopic (exact) mass is 344 g/mol. The fraction of sp³-hybridized carbons (Fsp3) is 0.316. The van der Waals surface area contributed by atoms with Gasteiger partial charge in [0, 0.05) is 19.6 Å². The summed E-state index contributed by atoms with van der Waals surface area (Å²) in [5, 5.41) is 13.2. The Labute approximate surface area is 146 Å². The fourth-order valence-electron chi connectivity index (χ4n) is 2.96. The summed E-state index contributed by atoms with van der Waals surface area (Å²) < 4.78 is 18.4. The maximum atomic E-state index is 12.9. The Morgan fingerprint density at radius 2 is 1.92 bits per heavy atom. The Balaban J connectivity index is 1.61. The Hall–Kier alpha value is -2.44. The van der Waals surface area contributed by atoms with Gasteiger partial charge < -0.3 is 15.2 Å². The molecule has 1 saturated heterocycles. The molecule has 1 aliphatic heterocycles. The third kappa shape index (κ3) is 4.55. The topological polar surface area (TPSA) is 61.8 Å². The van der Waals surface area contributed by atoms with Gasteiger partial charge >= 0.3 is 0 Å². The number of carbonyl (C=O) groups is 1. The van der Waals surface area contributed by atoms with Gasteiger partial charge in [0.15, 0.2) is 0 Å². The number of rotatable bonds is 6. The minimum absolute atomic E-state index is 0.0656. The van der Waals surface area contributed by atoms with Crippen LogP contribution >= 0.6 is 0 Å². The molecular formula is C19H21FN2O3. The van der Waals surface area contributed by atoms with Crippen LogP contribution in [0.25, 0.3) is 0 Å². The van der Waals surface area contributed by atoms with Crippen LogP contribution in [0.4, 0.5) is 4.39 Å². The van der Waals surface area contributed by atoms with Crippen LogP contribution < -0.4 is 10.1 Å². The molecule has 1 heterocycles. The molecule has 0 aliphatic carbocycles. The van der Waals surface area contributed by atoms with Crippen LogP contribution in [0.15, 0.2) is 54.6 Å². The largest absolute Gasteiger partial charge is 0.491 e. The predicted molar refractivity (Wildman–Crippen MR) is 91.7 cm³/mol. The molecule has 25 heavy (non-hydrogen) atoms. The Morgan fingerprint density at radius 3 is 2.64 bits per heavy atom. The predicted octanol–water partition coefficient (Wildman–Crippen LogP) is 1.74. The molecule has 2 atom stereocenters. The second-order valence-electron chi connectivity index (χ2n) is 6.02. The second-order valence-corrected chi connectivity index (χ2v) is 6.02. The maximum absolute atomic E-state index is 12.9. The highest BCUT2D eigenvalue weighted by atomic mass is 19.1. The van der Waals surface area contributed by atoms with Crippen LogP contribution in [0, 0.1) is 5.82 Å². The van der Waals surface area contributed by atoms with Gasteiger partial charge in [0.05, 0.1) is 0 Å². The van der Waals surface area contributed by atoms with Crippen LogP contribution in [0.3, 0.4) is 0 Å². The average Bonchev–Trinajstić information content (AvgIpc) is 2.62. The molecule has 0 unspecified atom stereocenters. The lowest BCUT2D eigenvalue weighted by atomic mass is 10.0. The molecule has 3 rings (SSSR count). The first-order chi connectivity index (χ1) is 12.1. The molecule has 0 bridgehead atoms. The van der Waals surface area contributed by atoms with E-state index in [2.05, 4.69) is 5.32 Å². The molecule has 0 radical (unpaired) electrons. The van der Waals surface area contributed by atoms with Crippen LogP contribution in [-0.2, 0) is 4.79 Å². The summed E-state index contributed by atoms with van der Waals surface area (Å²) in [7, 11) is 0. The van der Waals surface area contributed by atoms with Gasteiger partial charge in [-0.2, -0.15) is 0 Å². The molecule has 2 N–H and O–H groups in total. The van der Waals surface area contributed by atoms with E-state index in [9.17, 15) is 14.3 Å². The van der Waals surface area contributed by atoms with Gasteiger partial charge in [0.2, 0.25) is 5.91 Å². The molecule has 6 heteroatoms. The van der Waals surface area contributed by atoms with Crippen molar-refractivity contribution < 1.29 is 19.0 Å². The van der Waals surface area contributed by atoms with E-state index in [0.717, 1.165) is 5.56 Å². The molecule has 1 aliphatic rings. The summed E-state index contributed by atoms with van der Waals surface area (Å²) in [6.45, 7) is 1.59. The third-order valence-corrected chi connectivity index (χ3v) is 4.13. The lowest BCUT2D eigenvalue weighted by Gasteiger charge is -2.36. The minimum atomic E-state index is -0.762. The number of carbonyl (C=O) groups excluding carboxylic acids is 1. The quantitative estimate of drug-likeness (QED) is 0.838. The molecule has 2 aromatic carbocycles. The van der Waals surface area contributed by atoms with Crippen molar-refractivity contribution in [3.05, 3.63) is 66.0 Å². The Kier molecular flexibility index (Phi) is 5.63. The van der Waals surface area contributed by atoms with Crippen molar-refractivity contribution in [2.24, 2.45) is 0 Å². The van der Waals surface area contributed by atoms with Gasteiger partial charge in [-0.15, -0.1) is 0 Å². The first-order valence-corrected chi connectivity index (χ1v) is 8.26. The smallest absolute Gasteiger partial charge is 0.242 e. The molecule has 2 aromatic rings. The summed E-state index contributed by atoms with van der Waals surface area (Å²) in [6.07, 6.45) is -0.762. The standard InChI is InChI=1S/C19H21FN2O3/c20-15-6-8-17(9-7-15)25-13-16(23)12-22-11-10-21-19(24)18(22)14-4-2-1-3-5-14/h1-9,16,18,23H,10-13H2,(H,21,24)/t16-,18-/m0/s1. The molecule has 1 fully saturated rings. The van der Waals surface area contributed by atoms with Crippen molar-refractivity contribution in [3.8, 4) is 5.75 Å². The Morgan fingerprint density at radius 1 is 1.20 bits per heavy atom. The number of ether oxygens (including phenoxy) is 1. The summed E-state index contributed by atoms with van der Waals surface area (Å²) in [5.41, 5.74) is 0.895. The van der Waals surface area contributed by atoms with Crippen molar-refractivity contribution in [2.45, 2.75) is 12.1 Å². The van der Waals surface area contributed by atoms with E-state index in [1.807, 2.05) is 35.2 Å². The van der Waals surface area contributed by atoms with Crippen LogP contribution in [-0.4, -0.2) is 48.3 Å². The third-order valence-electron chi connectivity index (χ3n) is 4.13. The van der Waals surface area contributed by atoms with E-state index in [-0.39, 0.29) is 18.3 Å². The van der Waals surface area contributed by atoms with Crippen LogP contribution in [0.1, 0.15) is 11.6 Å². The van der Waals surface area contributed by atoms with E-state index >= 15 is 0 Å². The van der Waals surface area contributed by atoms with E-state index < -0.39 is 12.1 Å². The number of aliphatic hydroxyl groups excluding tert-OH is 1. The zero-order valence-corrected chi connectivity index (χ0v) is 13.8. The summed E-state index contributed by atoms with van der Waals surface area (Å²) >= 11 is 0. The number of nitrogens with zero attached hydrogens (tertiary/aromatic N) is 1. The van der Waals surface area contributed by atoms with Crippen LogP contribution in [0.2, 0.25) is 0 Å². The number of nitrogens with one attached hydrogen (secondary N) is 1. The first kappa shape index (κ1) is 17.4. The highest BCUT2D eigenvalue weighted by molar-refractivity contribution is 5.83. The molecule has 0 spiro atoms. The summed E-state index contributed by atoms with van der Waals surface area (Å²) in [5.74, 6) is 0.0958. The molecule has 1 amide bonds. The van der Waals surface area contributed by atoms with Crippen molar-refractivity contribution in [1.29, 1.82) is 0 Å². The second kappa shape index (κ2) is 8.09. The normalized spacial score (nSPS) is 19.3. The first-order valence-electron chi connectivity index (χ1n) is 8.26. The number of hydrogen-bond donors (Lipinski definition) is 2. The fourth-order valence-corrected chi connectivity index (χ4v) is 2.96. The van der Waals surface area contributed by atoms with E-state index in [4.69, 9.17) is 4.74 Å². The van der Waals surface area contributed by atoms with Crippen molar-refractivity contribution in [3.63, 3.8) is 0 Å². The van der Waals surface area contributed by atoms with Gasteiger partial charge in [-0.25, -0.2) is 4.39 Å². The number of amides is 1. The highest BCUT2D eigenvalue weighted by Crippen LogP contribution is 2.23. The van der Waals surface area contributed by atoms with E-state index in [1.54, 1.807) is 0 Å². The average molecular weight is 344 g/mol. The zero-order valence-electron chi connectivity index (χ0n) is 13.8. The number of piperazine rings is 1. The number of halogens is 1. The molecule has 0 aromatic heterocycles. The zero-order chi connectivity index (χ0) is 17.6. The maximum Gasteiger partial charge on any atom is 0.242 e. The van der Waals surface area contributed by atoms with Gasteiger partial charge in [-0.1, -0.05) is 30.3 Å². The van der Waals surface area contributed by atoms with Gasteiger partial charge in [0.25, 0.3) is 0 Å². The van der Waals surface area contributed by atoms with E-state index in [1.165, 1.54) is 24.3 Å². The summed E-state index contributed by atoms with van der Waals surface area (Å²) in [4.78, 5) is 14.2. The van der Waals surface area contributed by atoms with Crippen LogP contribution in [0.5, 0.6) is 5.75 Å².